The summed E-state index contributed by atoms with van der Waals surface area (Å²) in [7, 11) is 0. The molecule has 0 aliphatic rings. The Bertz CT molecular complexity index is 755. The predicted octanol–water partition coefficient (Wildman–Crippen LogP) is 1.95. The van der Waals surface area contributed by atoms with Crippen LogP contribution in [0, 0.1) is 13.8 Å². The van der Waals surface area contributed by atoms with Crippen LogP contribution < -0.4 is 27.9 Å². The van der Waals surface area contributed by atoms with Crippen LogP contribution in [0.15, 0.2) is 48.7 Å². The van der Waals surface area contributed by atoms with Gasteiger partial charge in [0.05, 0.1) is 0 Å². The fourth-order valence-corrected chi connectivity index (χ4v) is 2.72. The van der Waals surface area contributed by atoms with Crippen LogP contribution in [-0.2, 0) is 0 Å². The first-order valence-corrected chi connectivity index (χ1v) is 8.69. The van der Waals surface area contributed by atoms with Gasteiger partial charge in [-0.25, -0.2) is 4.79 Å². The lowest BCUT2D eigenvalue weighted by molar-refractivity contribution is -0.00000837. The van der Waals surface area contributed by atoms with E-state index in [0.29, 0.717) is 0 Å². The third-order valence-corrected chi connectivity index (χ3v) is 4.12. The van der Waals surface area contributed by atoms with E-state index in [1.807, 2.05) is 50.3 Å². The molecule has 0 saturated carbocycles. The molecule has 0 spiro atoms. The smallest absolute Gasteiger partial charge is 0.323 e. The van der Waals surface area contributed by atoms with Crippen molar-refractivity contribution in [3.63, 3.8) is 0 Å². The van der Waals surface area contributed by atoms with E-state index in [-0.39, 0.29) is 18.4 Å². The molecule has 2 amide bonds. The fraction of sp³-hybridized carbons (Fsp3) is 0.286. The topological polar surface area (TPSA) is 44.4 Å². The van der Waals surface area contributed by atoms with Crippen LogP contribution in [0.5, 0.6) is 0 Å². The molecule has 2 aromatic carbocycles. The lowest BCUT2D eigenvalue weighted by Crippen LogP contribution is -3.00. The Hall–Kier alpha value is -2.46. The zero-order valence-corrected chi connectivity index (χ0v) is 16.6. The van der Waals surface area contributed by atoms with Gasteiger partial charge < -0.3 is 27.9 Å². The highest BCUT2D eigenvalue weighted by Gasteiger charge is 2.07. The zero-order chi connectivity index (χ0) is 18.2. The van der Waals surface area contributed by atoms with E-state index in [2.05, 4.69) is 41.5 Å². The van der Waals surface area contributed by atoms with E-state index < -0.39 is 0 Å². The maximum absolute atomic E-state index is 12.1. The number of rotatable bonds is 6. The molecule has 0 radical (unpaired) electrons. The van der Waals surface area contributed by atoms with Gasteiger partial charge in [-0.3, -0.25) is 0 Å². The van der Waals surface area contributed by atoms with Gasteiger partial charge in [0.15, 0.2) is 0 Å². The average molecular weight is 373 g/mol. The second-order valence-electron chi connectivity index (χ2n) is 6.02. The minimum absolute atomic E-state index is 0. The van der Waals surface area contributed by atoms with E-state index in [1.165, 1.54) is 11.3 Å². The van der Waals surface area contributed by atoms with Gasteiger partial charge in [0.25, 0.3) is 0 Å². The van der Waals surface area contributed by atoms with Crippen molar-refractivity contribution in [2.75, 3.05) is 23.3 Å². The van der Waals surface area contributed by atoms with Crippen molar-refractivity contribution in [3.8, 4) is 0 Å². The summed E-state index contributed by atoms with van der Waals surface area (Å²) in [5.74, 6) is 0. The van der Waals surface area contributed by atoms with Crippen molar-refractivity contribution in [2.45, 2.75) is 27.7 Å². The first-order valence-electron chi connectivity index (χ1n) is 8.69. The summed E-state index contributed by atoms with van der Waals surface area (Å²) < 4.78 is 0. The van der Waals surface area contributed by atoms with Crippen LogP contribution >= 0.6 is 0 Å². The van der Waals surface area contributed by atoms with Gasteiger partial charge in [-0.05, 0) is 63.1 Å². The highest BCUT2D eigenvalue weighted by Crippen LogP contribution is 2.22. The number of carbonyl (C=O) groups is 1. The molecule has 140 valence electrons. The van der Waals surface area contributed by atoms with Crippen LogP contribution in [0.3, 0.4) is 0 Å². The molecule has 0 aromatic heterocycles. The molecule has 2 aromatic rings. The maximum Gasteiger partial charge on any atom is 0.323 e. The van der Waals surface area contributed by atoms with Gasteiger partial charge in [0.1, 0.15) is 0 Å². The number of hydrogen-bond donors (Lipinski definition) is 2. The molecule has 4 nitrogen and oxygen atoms in total. The Kier molecular flexibility index (Phi) is 8.73. The van der Waals surface area contributed by atoms with Crippen molar-refractivity contribution >= 4 is 23.5 Å². The highest BCUT2D eigenvalue weighted by atomic mass is 35.5. The number of halogens is 1. The first-order chi connectivity index (χ1) is 12.0. The lowest BCUT2D eigenvalue weighted by Gasteiger charge is -2.22. The van der Waals surface area contributed by atoms with E-state index >= 15 is 0 Å². The molecule has 0 saturated heterocycles. The van der Waals surface area contributed by atoms with E-state index in [0.717, 1.165) is 29.9 Å². The Balaban J connectivity index is 0.00000338. The van der Waals surface area contributed by atoms with E-state index in [1.54, 1.807) is 6.20 Å². The number of hydrogen-bond acceptors (Lipinski definition) is 2. The third-order valence-electron chi connectivity index (χ3n) is 4.12. The molecule has 2 rings (SSSR count). The molecular weight excluding hydrogens is 346 g/mol. The predicted molar refractivity (Wildman–Crippen MR) is 107 cm³/mol. The van der Waals surface area contributed by atoms with Crippen molar-refractivity contribution in [1.29, 1.82) is 0 Å². The van der Waals surface area contributed by atoms with Gasteiger partial charge in [-0.1, -0.05) is 29.8 Å². The van der Waals surface area contributed by atoms with Gasteiger partial charge in [-0.2, -0.15) is 0 Å². The number of urea groups is 1. The highest BCUT2D eigenvalue weighted by molar-refractivity contribution is 5.91. The Morgan fingerprint density at radius 1 is 1.08 bits per heavy atom. The molecule has 0 heterocycles. The maximum atomic E-state index is 12.1. The van der Waals surface area contributed by atoms with Crippen molar-refractivity contribution in [3.05, 3.63) is 65.4 Å². The Morgan fingerprint density at radius 2 is 1.81 bits per heavy atom. The number of aryl methyl sites for hydroxylation is 2. The number of benzene rings is 2. The quantitative estimate of drug-likeness (QED) is 0.814. The monoisotopic (exact) mass is 372 g/mol. The van der Waals surface area contributed by atoms with Crippen LogP contribution in [0.25, 0.3) is 6.08 Å². The standard InChI is InChI=1S/C21H27N3O.ClH/c1-5-24(6-2)19-10-11-20(17(4)15-19)23-21(25)22-13-12-18-9-7-8-16(3)14-18;/h7-15H,5-6H2,1-4H3,(H2,22,23,25);1H/p-1/b13-12+;. The molecular formula is C21H27ClN3O-. The molecule has 0 atom stereocenters. The summed E-state index contributed by atoms with van der Waals surface area (Å²) in [6, 6.07) is 13.9. The molecule has 0 aliphatic carbocycles. The summed E-state index contributed by atoms with van der Waals surface area (Å²) in [5.41, 5.74) is 5.28. The van der Waals surface area contributed by atoms with Crippen molar-refractivity contribution in [2.24, 2.45) is 0 Å². The normalized spacial score (nSPS) is 10.3. The van der Waals surface area contributed by atoms with Gasteiger partial charge in [0.2, 0.25) is 0 Å². The lowest BCUT2D eigenvalue weighted by atomic mass is 10.1. The summed E-state index contributed by atoms with van der Waals surface area (Å²) in [6.07, 6.45) is 3.53. The van der Waals surface area contributed by atoms with Gasteiger partial charge >= 0.3 is 6.03 Å². The molecule has 2 N–H and O–H groups in total. The Morgan fingerprint density at radius 3 is 2.42 bits per heavy atom. The molecule has 0 fully saturated rings. The molecule has 0 bridgehead atoms. The largest absolute Gasteiger partial charge is 1.00 e. The second kappa shape index (κ2) is 10.5. The summed E-state index contributed by atoms with van der Waals surface area (Å²) in [6.45, 7) is 10.3. The van der Waals surface area contributed by atoms with Gasteiger partial charge in [0, 0.05) is 30.7 Å². The molecule has 0 aliphatic heterocycles. The minimum atomic E-state index is -0.248. The third kappa shape index (κ3) is 6.12. The van der Waals surface area contributed by atoms with E-state index in [9.17, 15) is 4.79 Å². The molecule has 0 unspecified atom stereocenters. The fourth-order valence-electron chi connectivity index (χ4n) is 2.72. The summed E-state index contributed by atoms with van der Waals surface area (Å²) in [4.78, 5) is 14.3. The number of amides is 2. The van der Waals surface area contributed by atoms with Crippen LogP contribution in [0.2, 0.25) is 0 Å². The second-order valence-corrected chi connectivity index (χ2v) is 6.02. The molecule has 26 heavy (non-hydrogen) atoms. The van der Waals surface area contributed by atoms with Crippen molar-refractivity contribution in [1.82, 2.24) is 5.32 Å². The van der Waals surface area contributed by atoms with Crippen LogP contribution in [0.4, 0.5) is 16.2 Å². The first kappa shape index (κ1) is 21.6. The number of nitrogens with zero attached hydrogens (tertiary/aromatic N) is 1. The number of carbonyl (C=O) groups excluding carboxylic acids is 1. The van der Waals surface area contributed by atoms with Crippen molar-refractivity contribution < 1.29 is 17.2 Å². The zero-order valence-electron chi connectivity index (χ0n) is 15.8. The van der Waals surface area contributed by atoms with Crippen LogP contribution in [0.1, 0.15) is 30.5 Å². The number of anilines is 2. The van der Waals surface area contributed by atoms with Gasteiger partial charge in [-0.15, -0.1) is 0 Å². The van der Waals surface area contributed by atoms with Crippen LogP contribution in [-0.4, -0.2) is 19.1 Å². The molecule has 5 heteroatoms. The Labute approximate surface area is 162 Å². The van der Waals surface area contributed by atoms with E-state index in [4.69, 9.17) is 0 Å². The summed E-state index contributed by atoms with van der Waals surface area (Å²) >= 11 is 0. The SMILES string of the molecule is CCN(CC)c1ccc(NC(=O)N/C=C/c2cccc(C)c2)c(C)c1.[Cl-]. The minimum Gasteiger partial charge on any atom is -1.00 e. The number of nitrogens with one attached hydrogen (secondary N) is 2. The average Bonchev–Trinajstić information content (AvgIpc) is 2.58. The summed E-state index contributed by atoms with van der Waals surface area (Å²) in [5, 5.41) is 5.64.